The fraction of sp³-hybridized carbons (Fsp3) is 0.733. The van der Waals surface area contributed by atoms with Crippen LogP contribution in [0.4, 0.5) is 5.82 Å². The molecule has 0 aromatic carbocycles. The molecule has 19 heavy (non-hydrogen) atoms. The van der Waals surface area contributed by atoms with Gasteiger partial charge in [0.25, 0.3) is 0 Å². The van der Waals surface area contributed by atoms with E-state index in [1.54, 1.807) is 0 Å². The molecule has 2 rings (SSSR count). The van der Waals surface area contributed by atoms with Gasteiger partial charge in [0, 0.05) is 12.5 Å². The zero-order valence-electron chi connectivity index (χ0n) is 12.5. The van der Waals surface area contributed by atoms with Gasteiger partial charge in [-0.25, -0.2) is 9.97 Å². The van der Waals surface area contributed by atoms with E-state index in [2.05, 4.69) is 55.9 Å². The number of hydrogen-bond acceptors (Lipinski definition) is 3. The van der Waals surface area contributed by atoms with Crippen LogP contribution in [-0.4, -0.2) is 16.5 Å². The van der Waals surface area contributed by atoms with Crippen LogP contribution < -0.4 is 5.32 Å². The maximum Gasteiger partial charge on any atom is 0.144 e. The van der Waals surface area contributed by atoms with Crippen LogP contribution >= 0.6 is 15.9 Å². The standard InChI is InChI=1S/C15H24BrN3/c1-6-7-17-14-11(16)12(9(2)3)18-13(19-14)10-8-15(10,4)5/h9-10H,6-8H2,1-5H3,(H,17,18,19). The molecular formula is C15H24BrN3. The molecule has 1 atom stereocenters. The largest absolute Gasteiger partial charge is 0.369 e. The Morgan fingerprint density at radius 3 is 2.47 bits per heavy atom. The van der Waals surface area contributed by atoms with Gasteiger partial charge in [-0.2, -0.15) is 0 Å². The number of hydrogen-bond donors (Lipinski definition) is 1. The molecule has 1 aliphatic carbocycles. The van der Waals surface area contributed by atoms with Crippen molar-refractivity contribution in [2.45, 2.75) is 59.3 Å². The van der Waals surface area contributed by atoms with Crippen LogP contribution in [0.3, 0.4) is 0 Å². The van der Waals surface area contributed by atoms with E-state index in [0.29, 0.717) is 17.3 Å². The van der Waals surface area contributed by atoms with Gasteiger partial charge in [0.1, 0.15) is 11.6 Å². The number of halogens is 1. The summed E-state index contributed by atoms with van der Waals surface area (Å²) in [4.78, 5) is 9.54. The minimum Gasteiger partial charge on any atom is -0.369 e. The molecule has 1 saturated carbocycles. The van der Waals surface area contributed by atoms with E-state index in [1.165, 1.54) is 6.42 Å². The Balaban J connectivity index is 2.37. The maximum absolute atomic E-state index is 4.80. The summed E-state index contributed by atoms with van der Waals surface area (Å²) in [6.07, 6.45) is 2.29. The van der Waals surface area contributed by atoms with E-state index < -0.39 is 0 Å². The summed E-state index contributed by atoms with van der Waals surface area (Å²) in [5, 5.41) is 3.41. The average Bonchev–Trinajstić information content (AvgIpc) is 2.96. The summed E-state index contributed by atoms with van der Waals surface area (Å²) in [5.41, 5.74) is 1.48. The minimum absolute atomic E-state index is 0.365. The molecule has 4 heteroatoms. The summed E-state index contributed by atoms with van der Waals surface area (Å²) in [5.74, 6) is 2.88. The first kappa shape index (κ1) is 14.8. The molecule has 0 spiro atoms. The van der Waals surface area contributed by atoms with E-state index in [-0.39, 0.29) is 0 Å². The third-order valence-electron chi connectivity index (χ3n) is 3.81. The quantitative estimate of drug-likeness (QED) is 0.852. The lowest BCUT2D eigenvalue weighted by molar-refractivity contribution is 0.604. The highest BCUT2D eigenvalue weighted by atomic mass is 79.9. The zero-order valence-corrected chi connectivity index (χ0v) is 14.1. The van der Waals surface area contributed by atoms with Crippen LogP contribution in [0.25, 0.3) is 0 Å². The van der Waals surface area contributed by atoms with Crippen molar-refractivity contribution in [2.24, 2.45) is 5.41 Å². The van der Waals surface area contributed by atoms with Crippen molar-refractivity contribution in [1.29, 1.82) is 0 Å². The normalized spacial score (nSPS) is 20.7. The van der Waals surface area contributed by atoms with Crippen molar-refractivity contribution in [2.75, 3.05) is 11.9 Å². The summed E-state index contributed by atoms with van der Waals surface area (Å²) >= 11 is 3.66. The third-order valence-corrected chi connectivity index (χ3v) is 4.59. The van der Waals surface area contributed by atoms with Gasteiger partial charge in [0.05, 0.1) is 10.2 Å². The second kappa shape index (κ2) is 5.39. The molecule has 1 unspecified atom stereocenters. The molecule has 1 heterocycles. The van der Waals surface area contributed by atoms with Crippen LogP contribution in [0.15, 0.2) is 4.47 Å². The summed E-state index contributed by atoms with van der Waals surface area (Å²) in [7, 11) is 0. The SMILES string of the molecule is CCCNc1nc(C2CC2(C)C)nc(C(C)C)c1Br. The van der Waals surface area contributed by atoms with Crippen molar-refractivity contribution in [3.63, 3.8) is 0 Å². The molecule has 1 fully saturated rings. The topological polar surface area (TPSA) is 37.8 Å². The lowest BCUT2D eigenvalue weighted by Crippen LogP contribution is -2.10. The fourth-order valence-electron chi connectivity index (χ4n) is 2.29. The second-order valence-corrected chi connectivity index (χ2v) is 7.25. The van der Waals surface area contributed by atoms with E-state index >= 15 is 0 Å². The fourth-order valence-corrected chi connectivity index (χ4v) is 3.06. The van der Waals surface area contributed by atoms with E-state index in [1.807, 2.05) is 0 Å². The van der Waals surface area contributed by atoms with Gasteiger partial charge in [-0.15, -0.1) is 0 Å². The molecule has 1 N–H and O–H groups in total. The molecule has 0 aliphatic heterocycles. The summed E-state index contributed by atoms with van der Waals surface area (Å²) in [6, 6.07) is 0. The van der Waals surface area contributed by atoms with Crippen molar-refractivity contribution in [3.05, 3.63) is 16.0 Å². The van der Waals surface area contributed by atoms with Crippen LogP contribution in [0.5, 0.6) is 0 Å². The summed E-state index contributed by atoms with van der Waals surface area (Å²) in [6.45, 7) is 12.0. The van der Waals surface area contributed by atoms with E-state index in [9.17, 15) is 0 Å². The Bertz CT molecular complexity index is 469. The lowest BCUT2D eigenvalue weighted by Gasteiger charge is -2.15. The van der Waals surface area contributed by atoms with Gasteiger partial charge in [0.2, 0.25) is 0 Å². The Hall–Kier alpha value is -0.640. The van der Waals surface area contributed by atoms with Gasteiger partial charge in [-0.1, -0.05) is 34.6 Å². The number of anilines is 1. The van der Waals surface area contributed by atoms with Crippen molar-refractivity contribution < 1.29 is 0 Å². The minimum atomic E-state index is 0.365. The highest BCUT2D eigenvalue weighted by Gasteiger charge is 2.49. The summed E-state index contributed by atoms with van der Waals surface area (Å²) < 4.78 is 1.03. The lowest BCUT2D eigenvalue weighted by atomic mass is 10.1. The third kappa shape index (κ3) is 3.10. The monoisotopic (exact) mass is 325 g/mol. The molecule has 1 aromatic rings. The van der Waals surface area contributed by atoms with Gasteiger partial charge >= 0.3 is 0 Å². The molecule has 106 valence electrons. The van der Waals surface area contributed by atoms with Crippen LogP contribution in [0.2, 0.25) is 0 Å². The number of nitrogens with one attached hydrogen (secondary N) is 1. The molecular weight excluding hydrogens is 302 g/mol. The number of rotatable bonds is 5. The number of aromatic nitrogens is 2. The molecule has 0 bridgehead atoms. The molecule has 1 aromatic heterocycles. The molecule has 0 saturated heterocycles. The zero-order chi connectivity index (χ0) is 14.2. The van der Waals surface area contributed by atoms with Crippen molar-refractivity contribution in [1.82, 2.24) is 9.97 Å². The average molecular weight is 326 g/mol. The number of nitrogens with zero attached hydrogens (tertiary/aromatic N) is 2. The van der Waals surface area contributed by atoms with Gasteiger partial charge < -0.3 is 5.32 Å². The van der Waals surface area contributed by atoms with Crippen molar-refractivity contribution >= 4 is 21.7 Å². The Morgan fingerprint density at radius 2 is 2.00 bits per heavy atom. The predicted molar refractivity (Wildman–Crippen MR) is 83.7 cm³/mol. The predicted octanol–water partition coefficient (Wildman–Crippen LogP) is 4.70. The van der Waals surface area contributed by atoms with Crippen molar-refractivity contribution in [3.8, 4) is 0 Å². The van der Waals surface area contributed by atoms with Gasteiger partial charge in [0.15, 0.2) is 0 Å². The van der Waals surface area contributed by atoms with Crippen LogP contribution in [-0.2, 0) is 0 Å². The highest BCUT2D eigenvalue weighted by molar-refractivity contribution is 9.10. The van der Waals surface area contributed by atoms with Gasteiger partial charge in [-0.05, 0) is 40.1 Å². The first-order valence-electron chi connectivity index (χ1n) is 7.18. The van der Waals surface area contributed by atoms with Gasteiger partial charge in [-0.3, -0.25) is 0 Å². The smallest absolute Gasteiger partial charge is 0.144 e. The molecule has 3 nitrogen and oxygen atoms in total. The Morgan fingerprint density at radius 1 is 1.37 bits per heavy atom. The van der Waals surface area contributed by atoms with Crippen LogP contribution in [0, 0.1) is 5.41 Å². The molecule has 0 amide bonds. The second-order valence-electron chi connectivity index (χ2n) is 6.46. The highest BCUT2D eigenvalue weighted by Crippen LogP contribution is 2.58. The maximum atomic E-state index is 4.80. The van der Waals surface area contributed by atoms with Crippen LogP contribution in [0.1, 0.15) is 70.8 Å². The molecule has 0 radical (unpaired) electrons. The molecule has 1 aliphatic rings. The van der Waals surface area contributed by atoms with E-state index in [4.69, 9.17) is 9.97 Å². The first-order chi connectivity index (χ1) is 8.86. The Labute approximate surface area is 124 Å². The first-order valence-corrected chi connectivity index (χ1v) is 7.97. The van der Waals surface area contributed by atoms with E-state index in [0.717, 1.165) is 34.8 Å². The Kier molecular flexibility index (Phi) is 4.19.